The Bertz CT molecular complexity index is 66.1. The third-order valence-corrected chi connectivity index (χ3v) is 4.43. The molecule has 0 aromatic carbocycles. The fraction of sp³-hybridized carbons (Fsp3) is 1.00. The van der Waals surface area contributed by atoms with Gasteiger partial charge in [-0.3, -0.25) is 0 Å². The van der Waals surface area contributed by atoms with Crippen molar-refractivity contribution < 1.29 is 21.5 Å². The normalized spacial score (nSPS) is 17.8. The van der Waals surface area contributed by atoms with Crippen LogP contribution in [0.2, 0.25) is 0 Å². The van der Waals surface area contributed by atoms with Crippen LogP contribution in [0.5, 0.6) is 0 Å². The summed E-state index contributed by atoms with van der Waals surface area (Å²) in [5.74, 6) is 0. The number of halogens is 1. The monoisotopic (exact) mass is 243 g/mol. The van der Waals surface area contributed by atoms with Crippen LogP contribution in [-0.2, 0) is 0 Å². The fourth-order valence-electron chi connectivity index (χ4n) is 0.298. The molecule has 3 heteroatoms. The number of alkyl halides is 1. The Hall–Kier alpha value is 0.650. The van der Waals surface area contributed by atoms with Crippen molar-refractivity contribution in [3.63, 3.8) is 0 Å². The molecule has 0 saturated carbocycles. The van der Waals surface area contributed by atoms with Gasteiger partial charge in [-0.1, -0.05) is 0 Å². The molecule has 0 aliphatic carbocycles. The van der Waals surface area contributed by atoms with E-state index in [1.807, 2.05) is 0 Å². The molecule has 2 unspecified atom stereocenters. The maximum atomic E-state index is 5.66. The molecule has 9 heavy (non-hydrogen) atoms. The van der Waals surface area contributed by atoms with Crippen molar-refractivity contribution in [2.45, 2.75) is 30.7 Å². The summed E-state index contributed by atoms with van der Waals surface area (Å²) < 4.78 is 4.06. The maximum absolute atomic E-state index is 5.66. The molecule has 0 bridgehead atoms. The molecule has 0 aromatic rings. The molecule has 0 saturated heterocycles. The SMILES string of the molecule is CCN[I-]C(C)C(C)N. The molecule has 0 spiro atoms. The van der Waals surface area contributed by atoms with Crippen LogP contribution >= 0.6 is 0 Å². The number of nitrogens with one attached hydrogen (secondary N) is 1. The number of nitrogens with two attached hydrogens (primary N) is 1. The van der Waals surface area contributed by atoms with E-state index in [0.717, 1.165) is 6.54 Å². The van der Waals surface area contributed by atoms with Crippen LogP contribution in [0, 0.1) is 0 Å². The molecule has 2 nitrogen and oxygen atoms in total. The first-order valence-corrected chi connectivity index (χ1v) is 5.61. The molecule has 0 aliphatic heterocycles. The average molecular weight is 243 g/mol. The summed E-state index contributed by atoms with van der Waals surface area (Å²) in [5.41, 5.74) is 5.66. The molecule has 0 fully saturated rings. The predicted octanol–water partition coefficient (Wildman–Crippen LogP) is -2.66. The van der Waals surface area contributed by atoms with Gasteiger partial charge in [0, 0.05) is 0 Å². The van der Waals surface area contributed by atoms with Gasteiger partial charge < -0.3 is 0 Å². The van der Waals surface area contributed by atoms with Gasteiger partial charge in [0.15, 0.2) is 0 Å². The molecule has 2 atom stereocenters. The van der Waals surface area contributed by atoms with Crippen LogP contribution in [0.1, 0.15) is 20.8 Å². The van der Waals surface area contributed by atoms with Crippen molar-refractivity contribution in [3.8, 4) is 0 Å². The predicted molar refractivity (Wildman–Crippen MR) is 36.8 cm³/mol. The van der Waals surface area contributed by atoms with Crippen LogP contribution in [0.15, 0.2) is 0 Å². The van der Waals surface area contributed by atoms with Gasteiger partial charge in [0.2, 0.25) is 0 Å². The zero-order chi connectivity index (χ0) is 7.28. The average Bonchev–Trinajstić information content (AvgIpc) is 1.82. The molecule has 0 heterocycles. The molecule has 58 valence electrons. The quantitative estimate of drug-likeness (QED) is 0.321. The van der Waals surface area contributed by atoms with E-state index >= 15 is 0 Å². The van der Waals surface area contributed by atoms with Crippen molar-refractivity contribution in [1.82, 2.24) is 3.53 Å². The van der Waals surface area contributed by atoms with E-state index in [4.69, 9.17) is 5.73 Å². The molecule has 0 aromatic heterocycles. The fourth-order valence-corrected chi connectivity index (χ4v) is 2.00. The molecule has 0 aliphatic rings. The second-order valence-corrected chi connectivity index (χ2v) is 5.48. The number of rotatable bonds is 4. The topological polar surface area (TPSA) is 38.0 Å². The Kier molecular flexibility index (Phi) is 5.83. The molecule has 0 amide bonds. The summed E-state index contributed by atoms with van der Waals surface area (Å²) in [5, 5.41) is 0. The minimum absolute atomic E-state index is 0.147. The third kappa shape index (κ3) is 5.11. The molecule has 3 N–H and O–H groups in total. The number of hydrogen-bond donors (Lipinski definition) is 2. The van der Waals surface area contributed by atoms with Gasteiger partial charge in [-0.25, -0.2) is 0 Å². The first kappa shape index (κ1) is 9.65. The van der Waals surface area contributed by atoms with Crippen LogP contribution in [0.4, 0.5) is 0 Å². The van der Waals surface area contributed by atoms with Gasteiger partial charge in [-0.2, -0.15) is 0 Å². The molecule has 0 radical (unpaired) electrons. The Labute approximate surface area is 68.2 Å². The summed E-state index contributed by atoms with van der Waals surface area (Å²) in [6.45, 7) is 7.50. The second-order valence-electron chi connectivity index (χ2n) is 2.13. The zero-order valence-electron chi connectivity index (χ0n) is 6.32. The molecule has 0 rings (SSSR count). The molecular formula is C6H16IN2-. The van der Waals surface area contributed by atoms with Crippen LogP contribution in [0.25, 0.3) is 0 Å². The van der Waals surface area contributed by atoms with Gasteiger partial charge in [0.1, 0.15) is 0 Å². The third-order valence-electron chi connectivity index (χ3n) is 1.11. The van der Waals surface area contributed by atoms with Crippen LogP contribution in [-0.4, -0.2) is 16.5 Å². The van der Waals surface area contributed by atoms with E-state index in [0.29, 0.717) is 9.97 Å². The Morgan fingerprint density at radius 2 is 2.11 bits per heavy atom. The Morgan fingerprint density at radius 3 is 2.44 bits per heavy atom. The van der Waals surface area contributed by atoms with Crippen LogP contribution < -0.4 is 30.7 Å². The summed E-state index contributed by atoms with van der Waals surface area (Å²) in [6.07, 6.45) is 0. The van der Waals surface area contributed by atoms with Gasteiger partial charge in [-0.15, -0.1) is 0 Å². The Morgan fingerprint density at radius 1 is 1.56 bits per heavy atom. The molecular weight excluding hydrogens is 227 g/mol. The second kappa shape index (κ2) is 5.44. The minimum atomic E-state index is 0.147. The van der Waals surface area contributed by atoms with Crippen molar-refractivity contribution >= 4 is 0 Å². The summed E-state index contributed by atoms with van der Waals surface area (Å²) >= 11 is 0.147. The standard InChI is InChI=1S/C6H16IN2/c1-4-9-7-5(2)6(3)8/h5-6,9H,4,8H2,1-3H3/q-1. The van der Waals surface area contributed by atoms with Crippen molar-refractivity contribution in [2.24, 2.45) is 5.73 Å². The van der Waals surface area contributed by atoms with Crippen molar-refractivity contribution in [1.29, 1.82) is 0 Å². The van der Waals surface area contributed by atoms with E-state index < -0.39 is 0 Å². The Balaban J connectivity index is 3.16. The van der Waals surface area contributed by atoms with Gasteiger partial charge in [0.25, 0.3) is 0 Å². The van der Waals surface area contributed by atoms with Crippen molar-refractivity contribution in [3.05, 3.63) is 0 Å². The number of hydrogen-bond acceptors (Lipinski definition) is 2. The van der Waals surface area contributed by atoms with Crippen molar-refractivity contribution in [2.75, 3.05) is 6.54 Å². The summed E-state index contributed by atoms with van der Waals surface area (Å²) in [7, 11) is 0. The van der Waals surface area contributed by atoms with E-state index in [9.17, 15) is 0 Å². The van der Waals surface area contributed by atoms with E-state index in [1.54, 1.807) is 0 Å². The summed E-state index contributed by atoms with van der Waals surface area (Å²) in [6, 6.07) is 0.358. The summed E-state index contributed by atoms with van der Waals surface area (Å²) in [4.78, 5) is 0. The van der Waals surface area contributed by atoms with Gasteiger partial charge in [-0.05, 0) is 0 Å². The van der Waals surface area contributed by atoms with E-state index in [2.05, 4.69) is 24.3 Å². The van der Waals surface area contributed by atoms with E-state index in [1.165, 1.54) is 0 Å². The first-order valence-electron chi connectivity index (χ1n) is 3.29. The van der Waals surface area contributed by atoms with Crippen LogP contribution in [0.3, 0.4) is 0 Å². The van der Waals surface area contributed by atoms with Gasteiger partial charge >= 0.3 is 68.0 Å². The van der Waals surface area contributed by atoms with Gasteiger partial charge in [0.05, 0.1) is 0 Å². The first-order chi connectivity index (χ1) is 4.18. The van der Waals surface area contributed by atoms with E-state index in [-0.39, 0.29) is 21.5 Å². The zero-order valence-corrected chi connectivity index (χ0v) is 8.47.